The van der Waals surface area contributed by atoms with Crippen LogP contribution in [0.25, 0.3) is 0 Å². The molecule has 0 spiro atoms. The lowest BCUT2D eigenvalue weighted by Crippen LogP contribution is -2.36. The van der Waals surface area contributed by atoms with Crippen molar-refractivity contribution >= 4 is 12.4 Å². The summed E-state index contributed by atoms with van der Waals surface area (Å²) in [6.45, 7) is -1.10. The molecule has 4 N–H and O–H groups in total. The summed E-state index contributed by atoms with van der Waals surface area (Å²) >= 11 is 0. The van der Waals surface area contributed by atoms with Gasteiger partial charge in [0.2, 0.25) is 0 Å². The molecular weight excluding hydrogens is 328 g/mol. The van der Waals surface area contributed by atoms with E-state index in [4.69, 9.17) is 15.6 Å². The topological polar surface area (TPSA) is 75.7 Å². The van der Waals surface area contributed by atoms with Crippen molar-refractivity contribution in [2.24, 2.45) is 5.73 Å². The SMILES string of the molecule is Cl.N[C@@H](c1ccc(OCc2ccccc2)cc1O)C(F)(F)CO. The van der Waals surface area contributed by atoms with E-state index in [2.05, 4.69) is 0 Å². The van der Waals surface area contributed by atoms with E-state index in [0.717, 1.165) is 5.56 Å². The molecule has 2 rings (SSSR count). The van der Waals surface area contributed by atoms with Crippen molar-refractivity contribution in [3.63, 3.8) is 0 Å². The summed E-state index contributed by atoms with van der Waals surface area (Å²) in [5.74, 6) is -3.57. The van der Waals surface area contributed by atoms with Gasteiger partial charge in [-0.25, -0.2) is 8.78 Å². The third-order valence-electron chi connectivity index (χ3n) is 3.25. The van der Waals surface area contributed by atoms with Crippen molar-refractivity contribution in [2.45, 2.75) is 18.6 Å². The van der Waals surface area contributed by atoms with Crippen LogP contribution in [-0.2, 0) is 6.61 Å². The number of nitrogens with two attached hydrogens (primary N) is 1. The monoisotopic (exact) mass is 345 g/mol. The minimum Gasteiger partial charge on any atom is -0.507 e. The summed E-state index contributed by atoms with van der Waals surface area (Å²) < 4.78 is 32.2. The molecule has 126 valence electrons. The lowest BCUT2D eigenvalue weighted by atomic mass is 10.0. The van der Waals surface area contributed by atoms with Gasteiger partial charge in [0.1, 0.15) is 30.8 Å². The van der Waals surface area contributed by atoms with Crippen LogP contribution >= 0.6 is 12.4 Å². The molecule has 0 saturated heterocycles. The smallest absolute Gasteiger partial charge is 0.289 e. The molecule has 1 atom stereocenters. The van der Waals surface area contributed by atoms with Gasteiger partial charge in [-0.2, -0.15) is 0 Å². The van der Waals surface area contributed by atoms with Crippen LogP contribution in [0.15, 0.2) is 48.5 Å². The minimum atomic E-state index is -3.51. The van der Waals surface area contributed by atoms with Crippen LogP contribution in [0.1, 0.15) is 17.2 Å². The van der Waals surface area contributed by atoms with Gasteiger partial charge in [0.15, 0.2) is 0 Å². The highest BCUT2D eigenvalue weighted by atomic mass is 35.5. The molecule has 0 aliphatic carbocycles. The fraction of sp³-hybridized carbons (Fsp3) is 0.250. The Kier molecular flexibility index (Phi) is 6.75. The van der Waals surface area contributed by atoms with Crippen LogP contribution in [0.3, 0.4) is 0 Å². The van der Waals surface area contributed by atoms with Crippen molar-refractivity contribution in [3.05, 3.63) is 59.7 Å². The molecule has 0 unspecified atom stereocenters. The molecule has 0 amide bonds. The normalized spacial score (nSPS) is 12.3. The first-order chi connectivity index (χ1) is 10.4. The lowest BCUT2D eigenvalue weighted by Gasteiger charge is -2.22. The predicted molar refractivity (Wildman–Crippen MR) is 85.1 cm³/mol. The van der Waals surface area contributed by atoms with Gasteiger partial charge in [0.25, 0.3) is 5.92 Å². The molecule has 0 aliphatic rings. The van der Waals surface area contributed by atoms with Gasteiger partial charge in [-0.1, -0.05) is 30.3 Å². The van der Waals surface area contributed by atoms with Gasteiger partial charge in [0.05, 0.1) is 0 Å². The molecule has 0 aromatic heterocycles. The number of alkyl halides is 2. The summed E-state index contributed by atoms with van der Waals surface area (Å²) in [5, 5.41) is 18.5. The number of aliphatic hydroxyl groups excluding tert-OH is 1. The number of halogens is 3. The first kappa shape index (κ1) is 19.2. The van der Waals surface area contributed by atoms with Crippen LogP contribution in [0.2, 0.25) is 0 Å². The molecule has 7 heteroatoms. The van der Waals surface area contributed by atoms with Crippen LogP contribution in [0.4, 0.5) is 8.78 Å². The molecule has 0 heterocycles. The van der Waals surface area contributed by atoms with E-state index in [9.17, 15) is 13.9 Å². The zero-order valence-electron chi connectivity index (χ0n) is 12.2. The van der Waals surface area contributed by atoms with Crippen LogP contribution < -0.4 is 10.5 Å². The fourth-order valence-corrected chi connectivity index (χ4v) is 1.94. The molecule has 2 aromatic carbocycles. The Morgan fingerprint density at radius 1 is 1.13 bits per heavy atom. The predicted octanol–water partition coefficient (Wildman–Crippen LogP) is 3.02. The maximum Gasteiger partial charge on any atom is 0.289 e. The van der Waals surface area contributed by atoms with Crippen LogP contribution in [0.5, 0.6) is 11.5 Å². The third-order valence-corrected chi connectivity index (χ3v) is 3.25. The Labute approximate surface area is 138 Å². The second-order valence-corrected chi connectivity index (χ2v) is 4.89. The Balaban J connectivity index is 0.00000264. The lowest BCUT2D eigenvalue weighted by molar-refractivity contribution is -0.0716. The summed E-state index contributed by atoms with van der Waals surface area (Å²) in [7, 11) is 0. The number of aliphatic hydroxyl groups is 1. The highest BCUT2D eigenvalue weighted by Crippen LogP contribution is 2.35. The highest BCUT2D eigenvalue weighted by molar-refractivity contribution is 5.85. The number of ether oxygens (including phenoxy) is 1. The highest BCUT2D eigenvalue weighted by Gasteiger charge is 2.38. The number of benzene rings is 2. The first-order valence-corrected chi connectivity index (χ1v) is 6.68. The molecule has 0 fully saturated rings. The summed E-state index contributed by atoms with van der Waals surface area (Å²) in [5.41, 5.74) is 6.18. The zero-order chi connectivity index (χ0) is 16.2. The number of phenols is 1. The van der Waals surface area contributed by atoms with Gasteiger partial charge in [-0.05, 0) is 17.7 Å². The number of rotatable bonds is 6. The molecule has 0 radical (unpaired) electrons. The number of aromatic hydroxyl groups is 1. The fourth-order valence-electron chi connectivity index (χ4n) is 1.94. The number of phenolic OH excluding ortho intramolecular Hbond substituents is 1. The number of hydrogen-bond acceptors (Lipinski definition) is 4. The minimum absolute atomic E-state index is 0. The summed E-state index contributed by atoms with van der Waals surface area (Å²) in [4.78, 5) is 0. The largest absolute Gasteiger partial charge is 0.507 e. The van der Waals surface area contributed by atoms with Crippen molar-refractivity contribution in [1.82, 2.24) is 0 Å². The molecule has 0 saturated carbocycles. The van der Waals surface area contributed by atoms with Gasteiger partial charge in [-0.15, -0.1) is 12.4 Å². The maximum atomic E-state index is 13.4. The average molecular weight is 346 g/mol. The van der Waals surface area contributed by atoms with E-state index in [1.54, 1.807) is 0 Å². The van der Waals surface area contributed by atoms with E-state index in [1.807, 2.05) is 30.3 Å². The van der Waals surface area contributed by atoms with E-state index in [0.29, 0.717) is 12.4 Å². The van der Waals surface area contributed by atoms with E-state index < -0.39 is 24.3 Å². The maximum absolute atomic E-state index is 13.4. The van der Waals surface area contributed by atoms with Crippen LogP contribution in [-0.4, -0.2) is 22.7 Å². The van der Waals surface area contributed by atoms with E-state index >= 15 is 0 Å². The van der Waals surface area contributed by atoms with Crippen LogP contribution in [0, 0.1) is 0 Å². The second-order valence-electron chi connectivity index (χ2n) is 4.89. The van der Waals surface area contributed by atoms with Crippen molar-refractivity contribution in [2.75, 3.05) is 6.61 Å². The molecule has 4 nitrogen and oxygen atoms in total. The Morgan fingerprint density at radius 3 is 2.35 bits per heavy atom. The van der Waals surface area contributed by atoms with E-state index in [-0.39, 0.29) is 18.0 Å². The molecule has 0 aliphatic heterocycles. The Bertz CT molecular complexity index is 626. The molecule has 2 aromatic rings. The third kappa shape index (κ3) is 4.79. The first-order valence-electron chi connectivity index (χ1n) is 6.68. The standard InChI is InChI=1S/C16H17F2NO3.ClH/c17-16(18,10-20)15(19)13-7-6-12(8-14(13)21)22-9-11-4-2-1-3-5-11;/h1-8,15,20-21H,9-10,19H2;1H/t15-;/m0./s1. The van der Waals surface area contributed by atoms with E-state index in [1.165, 1.54) is 18.2 Å². The van der Waals surface area contributed by atoms with Gasteiger partial charge in [-0.3, -0.25) is 0 Å². The second kappa shape index (κ2) is 8.10. The van der Waals surface area contributed by atoms with Crippen molar-refractivity contribution in [1.29, 1.82) is 0 Å². The Hall–Kier alpha value is -1.89. The average Bonchev–Trinajstić information content (AvgIpc) is 2.53. The molecular formula is C16H18ClF2NO3. The van der Waals surface area contributed by atoms with Gasteiger partial charge < -0.3 is 20.7 Å². The molecule has 23 heavy (non-hydrogen) atoms. The quantitative estimate of drug-likeness (QED) is 0.752. The Morgan fingerprint density at radius 2 is 1.78 bits per heavy atom. The van der Waals surface area contributed by atoms with Crippen molar-refractivity contribution < 1.29 is 23.7 Å². The summed E-state index contributed by atoms with van der Waals surface area (Å²) in [6.07, 6.45) is 0. The van der Waals surface area contributed by atoms with Crippen molar-refractivity contribution in [3.8, 4) is 11.5 Å². The van der Waals surface area contributed by atoms with Gasteiger partial charge >= 0.3 is 0 Å². The summed E-state index contributed by atoms with van der Waals surface area (Å²) in [6, 6.07) is 11.5. The zero-order valence-corrected chi connectivity index (χ0v) is 13.0. The number of hydrogen-bond donors (Lipinski definition) is 3. The van der Waals surface area contributed by atoms with Gasteiger partial charge in [0, 0.05) is 11.6 Å². The molecule has 0 bridgehead atoms.